The molecule has 1 amide bonds. The fourth-order valence-electron chi connectivity index (χ4n) is 2.07. The summed E-state index contributed by atoms with van der Waals surface area (Å²) in [6.07, 6.45) is 0.676. The summed E-state index contributed by atoms with van der Waals surface area (Å²) in [7, 11) is 0. The van der Waals surface area contributed by atoms with Gasteiger partial charge in [-0.2, -0.15) is 0 Å². The van der Waals surface area contributed by atoms with E-state index in [2.05, 4.69) is 15.3 Å². The van der Waals surface area contributed by atoms with Gasteiger partial charge in [-0.15, -0.1) is 0 Å². The number of aromatic amines is 1. The second-order valence-electron chi connectivity index (χ2n) is 5.80. The zero-order valence-corrected chi connectivity index (χ0v) is 11.8. The topological polar surface area (TPSA) is 78.0 Å². The van der Waals surface area contributed by atoms with Gasteiger partial charge in [0.15, 0.2) is 0 Å². The number of imidazole rings is 1. The number of carboxylic acid groups (broad SMARTS) is 1. The monoisotopic (exact) mass is 273 g/mol. The maximum atomic E-state index is 11.0. The van der Waals surface area contributed by atoms with Crippen molar-refractivity contribution in [3.8, 4) is 11.3 Å². The largest absolute Gasteiger partial charge is 0.465 e. The van der Waals surface area contributed by atoms with Gasteiger partial charge in [0, 0.05) is 0 Å². The summed E-state index contributed by atoms with van der Waals surface area (Å²) in [6.45, 7) is 5.91. The molecular formula is C15H19N3O2. The number of aromatic nitrogens is 2. The lowest BCUT2D eigenvalue weighted by Crippen LogP contribution is -2.36. The Hall–Kier alpha value is -2.30. The van der Waals surface area contributed by atoms with Crippen LogP contribution in [0.15, 0.2) is 36.5 Å². The number of carbonyl (C=O) groups is 1. The second-order valence-corrected chi connectivity index (χ2v) is 5.80. The molecule has 5 nitrogen and oxygen atoms in total. The molecule has 1 atom stereocenters. The number of amides is 1. The van der Waals surface area contributed by atoms with Crippen LogP contribution >= 0.6 is 0 Å². The van der Waals surface area contributed by atoms with Crippen molar-refractivity contribution in [2.45, 2.75) is 26.8 Å². The van der Waals surface area contributed by atoms with Crippen molar-refractivity contribution < 1.29 is 9.90 Å². The first-order chi connectivity index (χ1) is 9.38. The van der Waals surface area contributed by atoms with Crippen molar-refractivity contribution in [3.05, 3.63) is 42.4 Å². The van der Waals surface area contributed by atoms with Crippen LogP contribution in [0.1, 0.15) is 32.6 Å². The van der Waals surface area contributed by atoms with Crippen LogP contribution < -0.4 is 5.32 Å². The summed E-state index contributed by atoms with van der Waals surface area (Å²) >= 11 is 0. The van der Waals surface area contributed by atoms with Crippen LogP contribution in [0.2, 0.25) is 0 Å². The molecule has 0 bridgehead atoms. The highest BCUT2D eigenvalue weighted by atomic mass is 16.4. The van der Waals surface area contributed by atoms with E-state index in [0.717, 1.165) is 11.3 Å². The minimum atomic E-state index is -1.05. The lowest BCUT2D eigenvalue weighted by molar-refractivity contribution is 0.173. The highest BCUT2D eigenvalue weighted by molar-refractivity contribution is 5.65. The molecule has 0 saturated carbocycles. The first-order valence-corrected chi connectivity index (χ1v) is 6.47. The van der Waals surface area contributed by atoms with E-state index in [1.165, 1.54) is 0 Å². The first kappa shape index (κ1) is 14.1. The number of rotatable bonds is 3. The number of benzene rings is 1. The molecule has 2 aromatic rings. The van der Waals surface area contributed by atoms with Crippen LogP contribution in [0, 0.1) is 5.41 Å². The molecule has 106 valence electrons. The van der Waals surface area contributed by atoms with E-state index in [0.29, 0.717) is 5.82 Å². The third-order valence-electron chi connectivity index (χ3n) is 3.09. The zero-order valence-electron chi connectivity index (χ0n) is 11.8. The Bertz CT molecular complexity index is 585. The smallest absolute Gasteiger partial charge is 0.405 e. The summed E-state index contributed by atoms with van der Waals surface area (Å²) in [5, 5.41) is 11.5. The van der Waals surface area contributed by atoms with Crippen molar-refractivity contribution >= 4 is 6.09 Å². The number of nitrogens with zero attached hydrogens (tertiary/aromatic N) is 1. The molecule has 0 aliphatic rings. The molecule has 20 heavy (non-hydrogen) atoms. The molecule has 0 spiro atoms. The summed E-state index contributed by atoms with van der Waals surface area (Å²) in [5.74, 6) is 0.624. The van der Waals surface area contributed by atoms with E-state index in [1.54, 1.807) is 6.20 Å². The zero-order chi connectivity index (χ0) is 14.8. The quantitative estimate of drug-likeness (QED) is 0.801. The van der Waals surface area contributed by atoms with Crippen molar-refractivity contribution in [2.24, 2.45) is 5.41 Å². The summed E-state index contributed by atoms with van der Waals surface area (Å²) in [6, 6.07) is 9.42. The molecule has 0 radical (unpaired) electrons. The maximum absolute atomic E-state index is 11.0. The van der Waals surface area contributed by atoms with Gasteiger partial charge in [0.25, 0.3) is 0 Å². The van der Waals surface area contributed by atoms with Gasteiger partial charge in [-0.1, -0.05) is 51.1 Å². The fourth-order valence-corrected chi connectivity index (χ4v) is 2.07. The van der Waals surface area contributed by atoms with Crippen LogP contribution in [0.5, 0.6) is 0 Å². The van der Waals surface area contributed by atoms with Crippen LogP contribution in [0.4, 0.5) is 4.79 Å². The Labute approximate surface area is 118 Å². The molecule has 1 aromatic heterocycles. The number of H-pyrrole nitrogens is 1. The molecule has 3 N–H and O–H groups in total. The Morgan fingerprint density at radius 3 is 2.50 bits per heavy atom. The average Bonchev–Trinajstić information content (AvgIpc) is 2.84. The van der Waals surface area contributed by atoms with Crippen molar-refractivity contribution in [2.75, 3.05) is 0 Å². The second kappa shape index (κ2) is 5.36. The Morgan fingerprint density at radius 2 is 1.95 bits per heavy atom. The van der Waals surface area contributed by atoms with E-state index in [-0.39, 0.29) is 5.41 Å². The first-order valence-electron chi connectivity index (χ1n) is 6.47. The number of nitrogens with one attached hydrogen (secondary N) is 2. The van der Waals surface area contributed by atoms with Gasteiger partial charge in [0.1, 0.15) is 5.82 Å². The highest BCUT2D eigenvalue weighted by Crippen LogP contribution is 2.32. The normalized spacial score (nSPS) is 12.9. The molecule has 0 saturated heterocycles. The minimum absolute atomic E-state index is 0.274. The van der Waals surface area contributed by atoms with E-state index < -0.39 is 12.1 Å². The Kier molecular flexibility index (Phi) is 3.79. The molecule has 0 aliphatic heterocycles. The molecule has 1 aromatic carbocycles. The van der Waals surface area contributed by atoms with Crippen LogP contribution in [0.3, 0.4) is 0 Å². The fraction of sp³-hybridized carbons (Fsp3) is 0.333. The van der Waals surface area contributed by atoms with E-state index in [1.807, 2.05) is 51.1 Å². The van der Waals surface area contributed by atoms with Crippen molar-refractivity contribution in [3.63, 3.8) is 0 Å². The SMILES string of the molecule is CC(C)(C)C(NC(=O)O)c1ncc(-c2ccccc2)[nH]1. The van der Waals surface area contributed by atoms with Crippen molar-refractivity contribution in [1.29, 1.82) is 0 Å². The van der Waals surface area contributed by atoms with Crippen LogP contribution in [-0.4, -0.2) is 21.2 Å². The highest BCUT2D eigenvalue weighted by Gasteiger charge is 2.30. The molecule has 0 fully saturated rings. The van der Waals surface area contributed by atoms with Gasteiger partial charge in [-0.3, -0.25) is 0 Å². The van der Waals surface area contributed by atoms with Gasteiger partial charge in [0.2, 0.25) is 0 Å². The summed E-state index contributed by atoms with van der Waals surface area (Å²) in [4.78, 5) is 18.5. The van der Waals surface area contributed by atoms with Gasteiger partial charge in [0.05, 0.1) is 17.9 Å². The molecule has 5 heteroatoms. The summed E-state index contributed by atoms with van der Waals surface area (Å²) < 4.78 is 0. The van der Waals surface area contributed by atoms with Gasteiger partial charge >= 0.3 is 6.09 Å². The van der Waals surface area contributed by atoms with E-state index in [4.69, 9.17) is 5.11 Å². The lowest BCUT2D eigenvalue weighted by atomic mass is 9.86. The molecule has 1 unspecified atom stereocenters. The van der Waals surface area contributed by atoms with Gasteiger partial charge in [-0.25, -0.2) is 9.78 Å². The predicted octanol–water partition coefficient (Wildman–Crippen LogP) is 3.43. The molecular weight excluding hydrogens is 254 g/mol. The number of hydrogen-bond donors (Lipinski definition) is 3. The maximum Gasteiger partial charge on any atom is 0.405 e. The van der Waals surface area contributed by atoms with Crippen LogP contribution in [0.25, 0.3) is 11.3 Å². The Balaban J connectivity index is 2.32. The third kappa shape index (κ3) is 3.17. The van der Waals surface area contributed by atoms with Gasteiger partial charge in [-0.05, 0) is 11.0 Å². The third-order valence-corrected chi connectivity index (χ3v) is 3.09. The van der Waals surface area contributed by atoms with E-state index >= 15 is 0 Å². The molecule has 0 aliphatic carbocycles. The molecule has 2 rings (SSSR count). The van der Waals surface area contributed by atoms with E-state index in [9.17, 15) is 4.79 Å². The average molecular weight is 273 g/mol. The predicted molar refractivity (Wildman–Crippen MR) is 77.4 cm³/mol. The minimum Gasteiger partial charge on any atom is -0.465 e. The standard InChI is InChI=1S/C15H19N3O2/c1-15(2,3)12(18-14(19)20)13-16-9-11(17-13)10-7-5-4-6-8-10/h4-9,12,18H,1-3H3,(H,16,17)(H,19,20). The van der Waals surface area contributed by atoms with Crippen LogP contribution in [-0.2, 0) is 0 Å². The molecule has 1 heterocycles. The van der Waals surface area contributed by atoms with Crippen molar-refractivity contribution in [1.82, 2.24) is 15.3 Å². The lowest BCUT2D eigenvalue weighted by Gasteiger charge is -2.28. The summed E-state index contributed by atoms with van der Waals surface area (Å²) in [5.41, 5.74) is 1.63. The number of hydrogen-bond acceptors (Lipinski definition) is 2. The van der Waals surface area contributed by atoms with Gasteiger partial charge < -0.3 is 15.4 Å². The Morgan fingerprint density at radius 1 is 1.30 bits per heavy atom.